The van der Waals surface area contributed by atoms with Crippen LogP contribution < -0.4 is 10.6 Å². The van der Waals surface area contributed by atoms with Gasteiger partial charge in [0.1, 0.15) is 12.1 Å². The van der Waals surface area contributed by atoms with Crippen LogP contribution in [0.2, 0.25) is 0 Å². The number of ether oxygens (including phenoxy) is 2. The van der Waals surface area contributed by atoms with E-state index in [1.54, 1.807) is 26.1 Å². The molecule has 1 rings (SSSR count). The molecule has 0 saturated carbocycles. The van der Waals surface area contributed by atoms with Crippen molar-refractivity contribution in [1.82, 2.24) is 20.4 Å². The second-order valence-corrected chi connectivity index (χ2v) is 7.43. The van der Waals surface area contributed by atoms with Crippen molar-refractivity contribution in [3.05, 3.63) is 0 Å². The number of guanidine groups is 1. The fourth-order valence-electron chi connectivity index (χ4n) is 2.28. The zero-order valence-electron chi connectivity index (χ0n) is 17.2. The summed E-state index contributed by atoms with van der Waals surface area (Å²) >= 11 is 0. The summed E-state index contributed by atoms with van der Waals surface area (Å²) in [4.78, 5) is 31.4. The molecule has 9 nitrogen and oxygen atoms in total. The molecule has 0 aromatic carbocycles. The van der Waals surface area contributed by atoms with Gasteiger partial charge in [0, 0.05) is 46.9 Å². The van der Waals surface area contributed by atoms with E-state index >= 15 is 0 Å². The normalized spacial score (nSPS) is 17.2. The summed E-state index contributed by atoms with van der Waals surface area (Å²) in [5.41, 5.74) is -0.510. The number of carbonyl (C=O) groups excluding carboxylic acids is 2. The predicted molar refractivity (Wildman–Crippen MR) is 116 cm³/mol. The van der Waals surface area contributed by atoms with Gasteiger partial charge in [-0.25, -0.2) is 9.79 Å². The predicted octanol–water partition coefficient (Wildman–Crippen LogP) is 0.884. The first-order valence-electron chi connectivity index (χ1n) is 8.84. The van der Waals surface area contributed by atoms with Gasteiger partial charge in [-0.05, 0) is 27.2 Å². The molecular weight excluding hydrogens is 465 g/mol. The van der Waals surface area contributed by atoms with Gasteiger partial charge in [-0.15, -0.1) is 24.0 Å². The number of likely N-dealkylation sites (tertiary alicyclic amines) is 1. The molecule has 1 unspecified atom stereocenters. The smallest absolute Gasteiger partial charge is 0.410 e. The number of methoxy groups -OCH3 is 1. The number of carbonyl (C=O) groups is 2. The Labute approximate surface area is 179 Å². The minimum Gasteiger partial charge on any atom is -0.444 e. The Bertz CT molecular complexity index is 508. The SMILES string of the molecule is COCCNC(=NCC(=O)N(C)C)NC1CCN(C(=O)OC(C)(C)C)C1.I. The van der Waals surface area contributed by atoms with E-state index in [0.29, 0.717) is 32.2 Å². The van der Waals surface area contributed by atoms with Crippen molar-refractivity contribution in [2.75, 3.05) is 54.0 Å². The molecule has 158 valence electrons. The highest BCUT2D eigenvalue weighted by Crippen LogP contribution is 2.15. The Morgan fingerprint density at radius 2 is 1.96 bits per heavy atom. The fraction of sp³-hybridized carbons (Fsp3) is 0.824. The van der Waals surface area contributed by atoms with Crippen LogP contribution in [-0.4, -0.2) is 93.4 Å². The third-order valence-corrected chi connectivity index (χ3v) is 3.65. The average Bonchev–Trinajstić information content (AvgIpc) is 2.99. The maximum atomic E-state index is 12.2. The molecule has 0 aromatic heterocycles. The molecular formula is C17H34IN5O4. The van der Waals surface area contributed by atoms with Crippen LogP contribution in [0.5, 0.6) is 0 Å². The van der Waals surface area contributed by atoms with E-state index < -0.39 is 5.60 Å². The molecule has 0 spiro atoms. The summed E-state index contributed by atoms with van der Waals surface area (Å²) in [6, 6.07) is 0.0470. The molecule has 10 heteroatoms. The highest BCUT2D eigenvalue weighted by Gasteiger charge is 2.30. The molecule has 0 aromatic rings. The Morgan fingerprint density at radius 1 is 1.30 bits per heavy atom. The van der Waals surface area contributed by atoms with Crippen molar-refractivity contribution < 1.29 is 19.1 Å². The number of amides is 2. The molecule has 0 aliphatic carbocycles. The van der Waals surface area contributed by atoms with Gasteiger partial charge in [-0.2, -0.15) is 0 Å². The molecule has 0 radical (unpaired) electrons. The first-order valence-corrected chi connectivity index (χ1v) is 8.84. The largest absolute Gasteiger partial charge is 0.444 e. The Balaban J connectivity index is 0.00000676. The standard InChI is InChI=1S/C17H33N5O4.HI/c1-17(2,3)26-16(24)22-9-7-13(12-22)20-15(18-8-10-25-6)19-11-14(23)21(4)5;/h13H,7-12H2,1-6H3,(H2,18,19,20);1H. The Morgan fingerprint density at radius 3 is 2.52 bits per heavy atom. The quantitative estimate of drug-likeness (QED) is 0.244. The molecule has 1 aliphatic heterocycles. The highest BCUT2D eigenvalue weighted by atomic mass is 127. The minimum atomic E-state index is -0.510. The molecule has 1 atom stereocenters. The number of hydrogen-bond acceptors (Lipinski definition) is 5. The molecule has 2 amide bonds. The number of nitrogens with one attached hydrogen (secondary N) is 2. The third-order valence-electron chi connectivity index (χ3n) is 3.65. The summed E-state index contributed by atoms with van der Waals surface area (Å²) in [5, 5.41) is 6.41. The molecule has 1 aliphatic rings. The van der Waals surface area contributed by atoms with Crippen molar-refractivity contribution in [2.45, 2.75) is 38.8 Å². The van der Waals surface area contributed by atoms with Gasteiger partial charge < -0.3 is 29.9 Å². The summed E-state index contributed by atoms with van der Waals surface area (Å²) in [7, 11) is 5.01. The zero-order valence-corrected chi connectivity index (χ0v) is 19.5. The van der Waals surface area contributed by atoms with Gasteiger partial charge >= 0.3 is 6.09 Å². The summed E-state index contributed by atoms with van der Waals surface area (Å²) in [6.45, 7) is 7.85. The first-order chi connectivity index (χ1) is 12.1. The van der Waals surface area contributed by atoms with E-state index in [4.69, 9.17) is 9.47 Å². The summed E-state index contributed by atoms with van der Waals surface area (Å²) < 4.78 is 10.4. The van der Waals surface area contributed by atoms with E-state index in [-0.39, 0.29) is 48.6 Å². The Kier molecular flexibility index (Phi) is 11.6. The van der Waals surface area contributed by atoms with E-state index in [1.807, 2.05) is 20.8 Å². The number of likely N-dealkylation sites (N-methyl/N-ethyl adjacent to an activating group) is 1. The van der Waals surface area contributed by atoms with E-state index in [1.165, 1.54) is 4.90 Å². The number of halogens is 1. The average molecular weight is 499 g/mol. The number of aliphatic imine (C=N–C) groups is 1. The van der Waals surface area contributed by atoms with Crippen molar-refractivity contribution in [3.8, 4) is 0 Å². The van der Waals surface area contributed by atoms with Crippen LogP contribution in [0.1, 0.15) is 27.2 Å². The van der Waals surface area contributed by atoms with Crippen LogP contribution in [0.3, 0.4) is 0 Å². The lowest BCUT2D eigenvalue weighted by molar-refractivity contribution is -0.127. The second-order valence-electron chi connectivity index (χ2n) is 7.43. The van der Waals surface area contributed by atoms with Crippen molar-refractivity contribution >= 4 is 41.9 Å². The van der Waals surface area contributed by atoms with E-state index in [2.05, 4.69) is 15.6 Å². The third kappa shape index (κ3) is 10.6. The van der Waals surface area contributed by atoms with Crippen LogP contribution >= 0.6 is 24.0 Å². The van der Waals surface area contributed by atoms with Gasteiger partial charge in [-0.1, -0.05) is 0 Å². The number of nitrogens with zero attached hydrogens (tertiary/aromatic N) is 3. The van der Waals surface area contributed by atoms with Crippen LogP contribution in [0.25, 0.3) is 0 Å². The van der Waals surface area contributed by atoms with Crippen LogP contribution in [0, 0.1) is 0 Å². The fourth-order valence-corrected chi connectivity index (χ4v) is 2.28. The lowest BCUT2D eigenvalue weighted by Gasteiger charge is -2.24. The number of hydrogen-bond donors (Lipinski definition) is 2. The summed E-state index contributed by atoms with van der Waals surface area (Å²) in [5.74, 6) is 0.452. The lowest BCUT2D eigenvalue weighted by Crippen LogP contribution is -2.46. The summed E-state index contributed by atoms with van der Waals surface area (Å²) in [6.07, 6.45) is 0.474. The maximum absolute atomic E-state index is 12.2. The molecule has 27 heavy (non-hydrogen) atoms. The molecule has 1 saturated heterocycles. The van der Waals surface area contributed by atoms with Gasteiger partial charge in [0.05, 0.1) is 6.61 Å². The van der Waals surface area contributed by atoms with Crippen molar-refractivity contribution in [2.24, 2.45) is 4.99 Å². The number of rotatable bonds is 6. The molecule has 1 fully saturated rings. The minimum absolute atomic E-state index is 0. The molecule has 2 N–H and O–H groups in total. The van der Waals surface area contributed by atoms with Gasteiger partial charge in [0.15, 0.2) is 5.96 Å². The van der Waals surface area contributed by atoms with Crippen LogP contribution in [-0.2, 0) is 14.3 Å². The second kappa shape index (κ2) is 12.2. The van der Waals surface area contributed by atoms with Gasteiger partial charge in [0.2, 0.25) is 5.91 Å². The maximum Gasteiger partial charge on any atom is 0.410 e. The van der Waals surface area contributed by atoms with E-state index in [9.17, 15) is 9.59 Å². The van der Waals surface area contributed by atoms with Crippen LogP contribution in [0.4, 0.5) is 4.79 Å². The topological polar surface area (TPSA) is 95.5 Å². The van der Waals surface area contributed by atoms with Crippen LogP contribution in [0.15, 0.2) is 4.99 Å². The molecule has 1 heterocycles. The van der Waals surface area contributed by atoms with Gasteiger partial charge in [-0.3, -0.25) is 4.79 Å². The Hall–Kier alpha value is -1.30. The monoisotopic (exact) mass is 499 g/mol. The molecule has 0 bridgehead atoms. The highest BCUT2D eigenvalue weighted by molar-refractivity contribution is 14.0. The van der Waals surface area contributed by atoms with Gasteiger partial charge in [0.25, 0.3) is 0 Å². The van der Waals surface area contributed by atoms with Crippen molar-refractivity contribution in [3.63, 3.8) is 0 Å². The first kappa shape index (κ1) is 25.7. The van der Waals surface area contributed by atoms with E-state index in [0.717, 1.165) is 6.42 Å². The van der Waals surface area contributed by atoms with Crippen molar-refractivity contribution in [1.29, 1.82) is 0 Å². The zero-order chi connectivity index (χ0) is 19.7. The lowest BCUT2D eigenvalue weighted by atomic mass is 10.2.